The van der Waals surface area contributed by atoms with Crippen molar-refractivity contribution >= 4 is 16.9 Å². The number of H-pyrrole nitrogens is 1. The molecule has 0 bridgehead atoms. The van der Waals surface area contributed by atoms with Crippen LogP contribution in [0.2, 0.25) is 0 Å². The van der Waals surface area contributed by atoms with Crippen LogP contribution in [0.25, 0.3) is 10.9 Å². The summed E-state index contributed by atoms with van der Waals surface area (Å²) in [7, 11) is 0. The number of fused-ring (bicyclic) bond motifs is 1. The van der Waals surface area contributed by atoms with Crippen molar-refractivity contribution in [3.63, 3.8) is 0 Å². The second-order valence-electron chi connectivity index (χ2n) is 4.80. The molecular weight excluding hydrogens is 327 g/mol. The van der Waals surface area contributed by atoms with Crippen LogP contribution in [0.15, 0.2) is 48.5 Å². The Balaban J connectivity index is 1.90. The highest BCUT2D eigenvalue weighted by atomic mass is 19.4. The molecule has 0 aliphatic heterocycles. The normalized spacial score (nSPS) is 11.5. The van der Waals surface area contributed by atoms with Crippen LogP contribution < -0.4 is 9.47 Å². The second kappa shape index (κ2) is 5.80. The van der Waals surface area contributed by atoms with E-state index in [2.05, 4.69) is 9.72 Å². The Labute approximate surface area is 133 Å². The van der Waals surface area contributed by atoms with Gasteiger partial charge in [-0.3, -0.25) is 0 Å². The van der Waals surface area contributed by atoms with Crippen LogP contribution in [-0.4, -0.2) is 22.4 Å². The summed E-state index contributed by atoms with van der Waals surface area (Å²) < 4.78 is 45.6. The lowest BCUT2D eigenvalue weighted by molar-refractivity contribution is -0.274. The average molecular weight is 337 g/mol. The van der Waals surface area contributed by atoms with Gasteiger partial charge < -0.3 is 19.6 Å². The van der Waals surface area contributed by atoms with E-state index in [1.807, 2.05) is 0 Å². The number of carboxylic acid groups (broad SMARTS) is 1. The molecular formula is C16H10F3NO4. The predicted molar refractivity (Wildman–Crippen MR) is 78.5 cm³/mol. The fourth-order valence-electron chi connectivity index (χ4n) is 2.23. The number of ether oxygens (including phenoxy) is 2. The summed E-state index contributed by atoms with van der Waals surface area (Å²) in [5.74, 6) is -1.42. The van der Waals surface area contributed by atoms with Crippen molar-refractivity contribution in [2.75, 3.05) is 0 Å². The van der Waals surface area contributed by atoms with Crippen LogP contribution in [-0.2, 0) is 0 Å². The standard InChI is InChI=1S/C16H10F3NO4/c17-16(18,19)24-10-7-5-9(6-8-10)23-14-13(15(21)22)11-3-1-2-4-12(11)20-14/h1-8,20H,(H,21,22). The number of halogens is 3. The summed E-state index contributed by atoms with van der Waals surface area (Å²) in [5.41, 5.74) is 0.517. The molecule has 0 spiro atoms. The predicted octanol–water partition coefficient (Wildman–Crippen LogP) is 4.56. The van der Waals surface area contributed by atoms with E-state index < -0.39 is 18.1 Å². The van der Waals surface area contributed by atoms with Crippen LogP contribution in [0.3, 0.4) is 0 Å². The molecule has 8 heteroatoms. The van der Waals surface area contributed by atoms with Crippen LogP contribution in [0.1, 0.15) is 10.4 Å². The number of carbonyl (C=O) groups is 1. The van der Waals surface area contributed by atoms with E-state index in [1.54, 1.807) is 24.3 Å². The van der Waals surface area contributed by atoms with Crippen LogP contribution >= 0.6 is 0 Å². The highest BCUT2D eigenvalue weighted by molar-refractivity contribution is 6.06. The highest BCUT2D eigenvalue weighted by Gasteiger charge is 2.31. The number of para-hydroxylation sites is 1. The summed E-state index contributed by atoms with van der Waals surface area (Å²) in [6, 6.07) is 11.4. The summed E-state index contributed by atoms with van der Waals surface area (Å²) in [4.78, 5) is 14.3. The van der Waals surface area contributed by atoms with Crippen molar-refractivity contribution in [1.82, 2.24) is 4.98 Å². The number of aromatic carboxylic acids is 1. The Morgan fingerprint density at radius 1 is 1.00 bits per heavy atom. The first kappa shape index (κ1) is 15.7. The topological polar surface area (TPSA) is 71.6 Å². The van der Waals surface area contributed by atoms with Crippen molar-refractivity contribution in [2.24, 2.45) is 0 Å². The van der Waals surface area contributed by atoms with Gasteiger partial charge in [-0.15, -0.1) is 13.2 Å². The summed E-state index contributed by atoms with van der Waals surface area (Å²) >= 11 is 0. The number of rotatable bonds is 4. The number of benzene rings is 2. The zero-order valence-corrected chi connectivity index (χ0v) is 11.9. The van der Waals surface area contributed by atoms with Gasteiger partial charge in [0.1, 0.15) is 17.1 Å². The smallest absolute Gasteiger partial charge is 0.477 e. The SMILES string of the molecule is O=C(O)c1c(Oc2ccc(OC(F)(F)F)cc2)[nH]c2ccccc12. The van der Waals surface area contributed by atoms with Crippen LogP contribution in [0, 0.1) is 0 Å². The molecule has 2 aromatic carbocycles. The third-order valence-corrected chi connectivity index (χ3v) is 3.16. The first-order chi connectivity index (χ1) is 11.3. The lowest BCUT2D eigenvalue weighted by atomic mass is 10.2. The van der Waals surface area contributed by atoms with Gasteiger partial charge in [-0.2, -0.15) is 0 Å². The minimum atomic E-state index is -4.78. The number of nitrogens with one attached hydrogen (secondary N) is 1. The van der Waals surface area contributed by atoms with Crippen molar-refractivity contribution in [1.29, 1.82) is 0 Å². The number of alkyl halides is 3. The van der Waals surface area contributed by atoms with Gasteiger partial charge in [-0.05, 0) is 30.3 Å². The monoisotopic (exact) mass is 337 g/mol. The zero-order valence-electron chi connectivity index (χ0n) is 11.9. The van der Waals surface area contributed by atoms with Gasteiger partial charge in [0.15, 0.2) is 0 Å². The Kier molecular flexibility index (Phi) is 3.80. The van der Waals surface area contributed by atoms with Crippen molar-refractivity contribution in [3.8, 4) is 17.4 Å². The number of aromatic amines is 1. The fraction of sp³-hybridized carbons (Fsp3) is 0.0625. The number of aromatic nitrogens is 1. The van der Waals surface area contributed by atoms with E-state index in [1.165, 1.54) is 12.1 Å². The summed E-state index contributed by atoms with van der Waals surface area (Å²) in [5, 5.41) is 9.83. The number of carboxylic acids is 1. The molecule has 1 aromatic heterocycles. The van der Waals surface area contributed by atoms with Gasteiger partial charge in [0.25, 0.3) is 0 Å². The third-order valence-electron chi connectivity index (χ3n) is 3.16. The van der Waals surface area contributed by atoms with Gasteiger partial charge in [0.2, 0.25) is 5.88 Å². The molecule has 3 rings (SSSR count). The van der Waals surface area contributed by atoms with Crippen molar-refractivity contribution in [2.45, 2.75) is 6.36 Å². The molecule has 1 heterocycles. The Hall–Kier alpha value is -3.16. The van der Waals surface area contributed by atoms with Crippen LogP contribution in [0.4, 0.5) is 13.2 Å². The number of hydrogen-bond acceptors (Lipinski definition) is 3. The van der Waals surface area contributed by atoms with Crippen LogP contribution in [0.5, 0.6) is 17.4 Å². The zero-order chi connectivity index (χ0) is 17.3. The Morgan fingerprint density at radius 2 is 1.62 bits per heavy atom. The Morgan fingerprint density at radius 3 is 2.25 bits per heavy atom. The lowest BCUT2D eigenvalue weighted by Crippen LogP contribution is -2.16. The minimum Gasteiger partial charge on any atom is -0.477 e. The van der Waals surface area contributed by atoms with Gasteiger partial charge in [-0.1, -0.05) is 18.2 Å². The molecule has 0 aliphatic carbocycles. The largest absolute Gasteiger partial charge is 0.573 e. The fourth-order valence-corrected chi connectivity index (χ4v) is 2.23. The van der Waals surface area contributed by atoms with E-state index in [4.69, 9.17) is 4.74 Å². The first-order valence-corrected chi connectivity index (χ1v) is 6.71. The molecule has 0 amide bonds. The average Bonchev–Trinajstić information content (AvgIpc) is 2.85. The lowest BCUT2D eigenvalue weighted by Gasteiger charge is -2.09. The van der Waals surface area contributed by atoms with Gasteiger partial charge in [0, 0.05) is 10.9 Å². The Bertz CT molecular complexity index is 884. The molecule has 24 heavy (non-hydrogen) atoms. The molecule has 0 radical (unpaired) electrons. The second-order valence-corrected chi connectivity index (χ2v) is 4.80. The minimum absolute atomic E-state index is 0.00631. The van der Waals surface area contributed by atoms with E-state index >= 15 is 0 Å². The van der Waals surface area contributed by atoms with E-state index in [0.29, 0.717) is 10.9 Å². The summed E-state index contributed by atoms with van der Waals surface area (Å²) in [6.45, 7) is 0. The molecule has 0 aliphatic rings. The maximum atomic E-state index is 12.1. The molecule has 0 saturated heterocycles. The summed E-state index contributed by atoms with van der Waals surface area (Å²) in [6.07, 6.45) is -4.78. The first-order valence-electron chi connectivity index (χ1n) is 6.71. The van der Waals surface area contributed by atoms with E-state index in [-0.39, 0.29) is 17.2 Å². The molecule has 124 valence electrons. The molecule has 3 aromatic rings. The molecule has 0 fully saturated rings. The van der Waals surface area contributed by atoms with Gasteiger partial charge in [0.05, 0.1) is 0 Å². The molecule has 0 unspecified atom stereocenters. The molecule has 2 N–H and O–H groups in total. The molecule has 0 saturated carbocycles. The van der Waals surface area contributed by atoms with Gasteiger partial charge in [-0.25, -0.2) is 4.79 Å². The maximum absolute atomic E-state index is 12.1. The number of hydrogen-bond donors (Lipinski definition) is 2. The quantitative estimate of drug-likeness (QED) is 0.732. The third kappa shape index (κ3) is 3.27. The molecule has 0 atom stereocenters. The highest BCUT2D eigenvalue weighted by Crippen LogP contribution is 2.32. The van der Waals surface area contributed by atoms with Crippen molar-refractivity contribution in [3.05, 3.63) is 54.1 Å². The van der Waals surface area contributed by atoms with E-state index in [9.17, 15) is 23.1 Å². The molecule has 5 nitrogen and oxygen atoms in total. The van der Waals surface area contributed by atoms with Crippen molar-refractivity contribution < 1.29 is 32.5 Å². The maximum Gasteiger partial charge on any atom is 0.573 e. The van der Waals surface area contributed by atoms with Gasteiger partial charge >= 0.3 is 12.3 Å². The van der Waals surface area contributed by atoms with E-state index in [0.717, 1.165) is 12.1 Å².